The van der Waals surface area contributed by atoms with Gasteiger partial charge in [0.1, 0.15) is 0 Å². The van der Waals surface area contributed by atoms with Crippen molar-refractivity contribution in [2.24, 2.45) is 11.8 Å². The zero-order chi connectivity index (χ0) is 18.1. The Morgan fingerprint density at radius 1 is 1.04 bits per heavy atom. The number of nitrogens with zero attached hydrogens (tertiary/aromatic N) is 1. The van der Waals surface area contributed by atoms with Crippen LogP contribution < -0.4 is 11.6 Å². The predicted octanol–water partition coefficient (Wildman–Crippen LogP) is 3.30. The number of hydrazine groups is 1. The van der Waals surface area contributed by atoms with Crippen molar-refractivity contribution in [1.29, 1.82) is 0 Å². The first-order valence-corrected chi connectivity index (χ1v) is 9.31. The SMILES string of the molecule is Nc1ccccc1C[C@H]1C=C1C(=O)c1ccc(C2CCN(N)CC2)cc1. The number of nitrogen functional groups attached to an aromatic ring is 1. The van der Waals surface area contributed by atoms with Gasteiger partial charge in [0.2, 0.25) is 0 Å². The number of benzene rings is 2. The van der Waals surface area contributed by atoms with Crippen LogP contribution in [0.4, 0.5) is 5.69 Å². The number of anilines is 1. The standard InChI is InChI=1S/C22H25N3O/c23-21-4-2-1-3-18(21)13-19-14-20(19)22(26)17-7-5-15(6-8-17)16-9-11-25(24)12-10-16/h1-8,14,16,19H,9-13,23-24H2/t19-/m0/s1. The number of carbonyl (C=O) groups is 1. The highest BCUT2D eigenvalue weighted by Crippen LogP contribution is 2.36. The van der Waals surface area contributed by atoms with Crippen molar-refractivity contribution in [3.63, 3.8) is 0 Å². The molecule has 4 heteroatoms. The Kier molecular flexibility index (Phi) is 4.62. The molecule has 2 aromatic rings. The van der Waals surface area contributed by atoms with Gasteiger partial charge in [0.25, 0.3) is 0 Å². The molecule has 4 N–H and O–H groups in total. The van der Waals surface area contributed by atoms with Crippen molar-refractivity contribution in [2.75, 3.05) is 18.8 Å². The van der Waals surface area contributed by atoms with Crippen LogP contribution in [-0.4, -0.2) is 23.9 Å². The molecule has 0 unspecified atom stereocenters. The largest absolute Gasteiger partial charge is 0.399 e. The highest BCUT2D eigenvalue weighted by Gasteiger charge is 2.32. The van der Waals surface area contributed by atoms with Crippen molar-refractivity contribution in [2.45, 2.75) is 25.2 Å². The number of ketones is 1. The van der Waals surface area contributed by atoms with Crippen molar-refractivity contribution >= 4 is 11.5 Å². The summed E-state index contributed by atoms with van der Waals surface area (Å²) in [6.07, 6.45) is 5.02. The average molecular weight is 347 g/mol. The Bertz CT molecular complexity index is 833. The van der Waals surface area contributed by atoms with Gasteiger partial charge in [-0.2, -0.15) is 0 Å². The Balaban J connectivity index is 1.37. The Morgan fingerprint density at radius 3 is 2.42 bits per heavy atom. The first-order chi connectivity index (χ1) is 12.6. The van der Waals surface area contributed by atoms with E-state index >= 15 is 0 Å². The highest BCUT2D eigenvalue weighted by atomic mass is 16.1. The number of para-hydroxylation sites is 1. The summed E-state index contributed by atoms with van der Waals surface area (Å²) in [7, 11) is 0. The minimum absolute atomic E-state index is 0.146. The zero-order valence-electron chi connectivity index (χ0n) is 14.9. The summed E-state index contributed by atoms with van der Waals surface area (Å²) in [4.78, 5) is 12.7. The van der Waals surface area contributed by atoms with Crippen LogP contribution in [0.3, 0.4) is 0 Å². The molecule has 26 heavy (non-hydrogen) atoms. The summed E-state index contributed by atoms with van der Waals surface area (Å²) in [6, 6.07) is 16.0. The summed E-state index contributed by atoms with van der Waals surface area (Å²) in [5.74, 6) is 6.75. The van der Waals surface area contributed by atoms with Crippen LogP contribution in [0.2, 0.25) is 0 Å². The highest BCUT2D eigenvalue weighted by molar-refractivity contribution is 6.12. The first-order valence-electron chi connectivity index (χ1n) is 9.31. The molecule has 1 aliphatic carbocycles. The molecule has 2 aromatic carbocycles. The van der Waals surface area contributed by atoms with Crippen LogP contribution >= 0.6 is 0 Å². The Hall–Kier alpha value is -2.43. The Labute approximate surface area is 154 Å². The summed E-state index contributed by atoms with van der Waals surface area (Å²) >= 11 is 0. The van der Waals surface area contributed by atoms with Crippen molar-refractivity contribution in [1.82, 2.24) is 5.01 Å². The van der Waals surface area contributed by atoms with Gasteiger partial charge in [-0.3, -0.25) is 10.6 Å². The first kappa shape index (κ1) is 17.0. The van der Waals surface area contributed by atoms with Gasteiger partial charge in [-0.1, -0.05) is 48.5 Å². The number of nitrogens with two attached hydrogens (primary N) is 2. The molecule has 1 aliphatic heterocycles. The summed E-state index contributed by atoms with van der Waals surface area (Å²) < 4.78 is 0. The molecule has 1 heterocycles. The van der Waals surface area contributed by atoms with Crippen molar-refractivity contribution in [3.8, 4) is 0 Å². The molecular weight excluding hydrogens is 322 g/mol. The van der Waals surface area contributed by atoms with Gasteiger partial charge in [-0.25, -0.2) is 5.01 Å². The molecule has 0 radical (unpaired) electrons. The lowest BCUT2D eigenvalue weighted by Crippen LogP contribution is -2.38. The van der Waals surface area contributed by atoms with Gasteiger partial charge in [-0.05, 0) is 42.4 Å². The van der Waals surface area contributed by atoms with E-state index in [0.29, 0.717) is 5.92 Å². The van der Waals surface area contributed by atoms with E-state index in [1.165, 1.54) is 5.56 Å². The number of piperidine rings is 1. The summed E-state index contributed by atoms with van der Waals surface area (Å²) in [5.41, 5.74) is 10.9. The fourth-order valence-electron chi connectivity index (χ4n) is 3.84. The van der Waals surface area contributed by atoms with Crippen LogP contribution in [0.25, 0.3) is 0 Å². The van der Waals surface area contributed by atoms with Crippen LogP contribution in [0, 0.1) is 5.92 Å². The molecule has 0 spiro atoms. The summed E-state index contributed by atoms with van der Waals surface area (Å²) in [6.45, 7) is 1.87. The van der Waals surface area contributed by atoms with E-state index in [0.717, 1.165) is 54.7 Å². The molecule has 2 aliphatic rings. The molecule has 1 saturated heterocycles. The normalized spacial score (nSPS) is 20.7. The third-order valence-corrected chi connectivity index (χ3v) is 5.60. The van der Waals surface area contributed by atoms with Crippen molar-refractivity contribution < 1.29 is 4.79 Å². The molecule has 1 fully saturated rings. The minimum Gasteiger partial charge on any atom is -0.399 e. The molecule has 0 amide bonds. The molecule has 4 rings (SSSR count). The predicted molar refractivity (Wildman–Crippen MR) is 105 cm³/mol. The second-order valence-corrected chi connectivity index (χ2v) is 7.39. The lowest BCUT2D eigenvalue weighted by atomic mass is 9.89. The quantitative estimate of drug-likeness (QED) is 0.494. The fourth-order valence-corrected chi connectivity index (χ4v) is 3.84. The maximum Gasteiger partial charge on any atom is 0.189 e. The zero-order valence-corrected chi connectivity index (χ0v) is 14.9. The van der Waals surface area contributed by atoms with Crippen LogP contribution in [-0.2, 0) is 6.42 Å². The molecule has 4 nitrogen and oxygen atoms in total. The minimum atomic E-state index is 0.146. The molecule has 134 valence electrons. The van der Waals surface area contributed by atoms with Crippen molar-refractivity contribution in [3.05, 3.63) is 76.9 Å². The second kappa shape index (κ2) is 7.06. The number of Topliss-reactive ketones (excluding diaryl/α,β-unsaturated/α-hetero) is 1. The third kappa shape index (κ3) is 3.57. The maximum absolute atomic E-state index is 12.7. The molecule has 0 bridgehead atoms. The average Bonchev–Trinajstić information content (AvgIpc) is 3.43. The van der Waals surface area contributed by atoms with Gasteiger partial charge in [-0.15, -0.1) is 0 Å². The number of carbonyl (C=O) groups excluding carboxylic acids is 1. The smallest absolute Gasteiger partial charge is 0.189 e. The lowest BCUT2D eigenvalue weighted by Gasteiger charge is -2.28. The maximum atomic E-state index is 12.7. The topological polar surface area (TPSA) is 72.4 Å². The van der Waals surface area contributed by atoms with Gasteiger partial charge < -0.3 is 5.73 Å². The van der Waals surface area contributed by atoms with E-state index in [2.05, 4.69) is 18.2 Å². The second-order valence-electron chi connectivity index (χ2n) is 7.39. The van der Waals surface area contributed by atoms with E-state index in [-0.39, 0.29) is 11.7 Å². The third-order valence-electron chi connectivity index (χ3n) is 5.60. The number of rotatable bonds is 5. The fraction of sp³-hybridized carbons (Fsp3) is 0.318. The molecule has 0 saturated carbocycles. The Morgan fingerprint density at radius 2 is 1.73 bits per heavy atom. The van der Waals surface area contributed by atoms with E-state index in [9.17, 15) is 4.79 Å². The van der Waals surface area contributed by atoms with E-state index in [4.69, 9.17) is 11.6 Å². The van der Waals surface area contributed by atoms with Gasteiger partial charge in [0, 0.05) is 35.8 Å². The van der Waals surface area contributed by atoms with E-state index < -0.39 is 0 Å². The molecule has 0 aromatic heterocycles. The summed E-state index contributed by atoms with van der Waals surface area (Å²) in [5, 5.41) is 1.88. The molecule has 1 atom stereocenters. The van der Waals surface area contributed by atoms with Crippen LogP contribution in [0.15, 0.2) is 60.2 Å². The van der Waals surface area contributed by atoms with E-state index in [1.54, 1.807) is 0 Å². The molecular formula is C22H25N3O. The lowest BCUT2D eigenvalue weighted by molar-refractivity contribution is 0.103. The number of allylic oxidation sites excluding steroid dienone is 2. The van der Waals surface area contributed by atoms with Gasteiger partial charge >= 0.3 is 0 Å². The van der Waals surface area contributed by atoms with E-state index in [1.807, 2.05) is 41.4 Å². The van der Waals surface area contributed by atoms with Crippen LogP contribution in [0.5, 0.6) is 0 Å². The van der Waals surface area contributed by atoms with Gasteiger partial charge in [0.05, 0.1) is 0 Å². The van der Waals surface area contributed by atoms with Crippen LogP contribution in [0.1, 0.15) is 40.2 Å². The monoisotopic (exact) mass is 347 g/mol. The van der Waals surface area contributed by atoms with Gasteiger partial charge in [0.15, 0.2) is 5.78 Å². The number of hydrogen-bond donors (Lipinski definition) is 2. The number of hydrogen-bond acceptors (Lipinski definition) is 4.